The van der Waals surface area contributed by atoms with E-state index in [2.05, 4.69) is 234 Å². The van der Waals surface area contributed by atoms with Crippen molar-refractivity contribution in [1.82, 2.24) is 4.57 Å². The highest BCUT2D eigenvalue weighted by Gasteiger charge is 2.24. The van der Waals surface area contributed by atoms with Crippen LogP contribution in [0.25, 0.3) is 116 Å². The van der Waals surface area contributed by atoms with E-state index in [4.69, 9.17) is 8.83 Å². The number of furan rings is 2. The molecule has 11 aromatic carbocycles. The van der Waals surface area contributed by atoms with Crippen LogP contribution >= 0.6 is 0 Å². The van der Waals surface area contributed by atoms with Gasteiger partial charge in [-0.1, -0.05) is 170 Å². The highest BCUT2D eigenvalue weighted by molar-refractivity contribution is 6.14. The Bertz CT molecular complexity index is 4210. The molecule has 0 aliphatic carbocycles. The Labute approximate surface area is 391 Å². The molecule has 0 N–H and O–H groups in total. The van der Waals surface area contributed by atoms with E-state index in [0.29, 0.717) is 0 Å². The van der Waals surface area contributed by atoms with Crippen molar-refractivity contribution in [3.05, 3.63) is 243 Å². The molecular formula is C64H40N2O2. The quantitative estimate of drug-likeness (QED) is 0.160. The Morgan fingerprint density at radius 1 is 0.324 bits per heavy atom. The van der Waals surface area contributed by atoms with E-state index < -0.39 is 0 Å². The monoisotopic (exact) mass is 868 g/mol. The number of para-hydroxylation sites is 5. The van der Waals surface area contributed by atoms with Gasteiger partial charge in [0.05, 0.1) is 16.7 Å². The number of hydrogen-bond acceptors (Lipinski definition) is 3. The summed E-state index contributed by atoms with van der Waals surface area (Å²) in [6.07, 6.45) is 0. The third-order valence-electron chi connectivity index (χ3n) is 13.8. The Kier molecular flexibility index (Phi) is 8.55. The minimum absolute atomic E-state index is 0.842. The van der Waals surface area contributed by atoms with Crippen LogP contribution in [0.15, 0.2) is 251 Å². The second kappa shape index (κ2) is 15.2. The van der Waals surface area contributed by atoms with Crippen LogP contribution in [0.3, 0.4) is 0 Å². The zero-order valence-electron chi connectivity index (χ0n) is 36.8. The molecule has 3 heterocycles. The summed E-state index contributed by atoms with van der Waals surface area (Å²) in [7, 11) is 0. The van der Waals surface area contributed by atoms with Gasteiger partial charge in [0.15, 0.2) is 0 Å². The molecular weight excluding hydrogens is 829 g/mol. The third-order valence-corrected chi connectivity index (χ3v) is 13.8. The lowest BCUT2D eigenvalue weighted by Crippen LogP contribution is -2.11. The molecule has 0 aliphatic heterocycles. The van der Waals surface area contributed by atoms with Crippen LogP contribution in [0.1, 0.15) is 0 Å². The SMILES string of the molecule is c1cc(-c2cccc3c2oc2ccccc23)cc(N(c2ccc(-c3cccc4ccccc34)cc2)c2ccc3c(oc4ccccc43)c2-c2ccc(-n3c4ccccc4c4ccccc43)cc2)c1. The van der Waals surface area contributed by atoms with E-state index in [9.17, 15) is 0 Å². The zero-order chi connectivity index (χ0) is 44.7. The Hall–Kier alpha value is -9.12. The number of aromatic nitrogens is 1. The number of nitrogens with zero attached hydrogens (tertiary/aromatic N) is 2. The topological polar surface area (TPSA) is 34.5 Å². The van der Waals surface area contributed by atoms with Gasteiger partial charge >= 0.3 is 0 Å². The van der Waals surface area contributed by atoms with Gasteiger partial charge in [0.1, 0.15) is 22.3 Å². The summed E-state index contributed by atoms with van der Waals surface area (Å²) >= 11 is 0. The molecule has 4 heteroatoms. The Morgan fingerprint density at radius 3 is 1.60 bits per heavy atom. The number of fused-ring (bicyclic) bond motifs is 10. The molecule has 318 valence electrons. The minimum Gasteiger partial charge on any atom is -0.455 e. The van der Waals surface area contributed by atoms with Gasteiger partial charge in [0.2, 0.25) is 0 Å². The molecule has 0 bridgehead atoms. The summed E-state index contributed by atoms with van der Waals surface area (Å²) in [5, 5.41) is 9.30. The summed E-state index contributed by atoms with van der Waals surface area (Å²) in [5.74, 6) is 0. The van der Waals surface area contributed by atoms with Crippen LogP contribution in [0.4, 0.5) is 17.1 Å². The van der Waals surface area contributed by atoms with Gasteiger partial charge in [-0.25, -0.2) is 0 Å². The molecule has 0 atom stereocenters. The van der Waals surface area contributed by atoms with Crippen molar-refractivity contribution in [2.75, 3.05) is 4.90 Å². The highest BCUT2D eigenvalue weighted by atomic mass is 16.3. The van der Waals surface area contributed by atoms with Crippen molar-refractivity contribution >= 4 is 93.5 Å². The van der Waals surface area contributed by atoms with Crippen molar-refractivity contribution in [2.45, 2.75) is 0 Å². The average Bonchev–Trinajstić information content (AvgIpc) is 4.09. The van der Waals surface area contributed by atoms with Gasteiger partial charge in [-0.2, -0.15) is 0 Å². The van der Waals surface area contributed by atoms with Crippen LogP contribution in [0, 0.1) is 0 Å². The first-order valence-corrected chi connectivity index (χ1v) is 23.2. The average molecular weight is 869 g/mol. The molecule has 68 heavy (non-hydrogen) atoms. The van der Waals surface area contributed by atoms with Gasteiger partial charge in [-0.3, -0.25) is 0 Å². The second-order valence-electron chi connectivity index (χ2n) is 17.6. The Balaban J connectivity index is 0.992. The van der Waals surface area contributed by atoms with Crippen molar-refractivity contribution in [1.29, 1.82) is 0 Å². The lowest BCUT2D eigenvalue weighted by atomic mass is 9.96. The molecule has 14 rings (SSSR count). The van der Waals surface area contributed by atoms with E-state index in [-0.39, 0.29) is 0 Å². The molecule has 0 saturated heterocycles. The predicted molar refractivity (Wildman–Crippen MR) is 284 cm³/mol. The number of anilines is 3. The molecule has 0 unspecified atom stereocenters. The Morgan fingerprint density at radius 2 is 0.868 bits per heavy atom. The third kappa shape index (κ3) is 5.94. The molecule has 0 aliphatic rings. The van der Waals surface area contributed by atoms with Gasteiger partial charge in [0.25, 0.3) is 0 Å². The van der Waals surface area contributed by atoms with E-state index in [1.165, 1.54) is 38.1 Å². The summed E-state index contributed by atoms with van der Waals surface area (Å²) in [5.41, 5.74) is 16.5. The van der Waals surface area contributed by atoms with Gasteiger partial charge in [-0.15, -0.1) is 0 Å². The second-order valence-corrected chi connectivity index (χ2v) is 17.6. The first-order chi connectivity index (χ1) is 33.7. The lowest BCUT2D eigenvalue weighted by Gasteiger charge is -2.28. The van der Waals surface area contributed by atoms with Gasteiger partial charge in [0, 0.05) is 60.5 Å². The number of rotatable bonds is 7. The highest BCUT2D eigenvalue weighted by Crippen LogP contribution is 2.48. The largest absolute Gasteiger partial charge is 0.455 e. The summed E-state index contributed by atoms with van der Waals surface area (Å²) in [6, 6.07) is 86.9. The minimum atomic E-state index is 0.842. The molecule has 0 spiro atoms. The first kappa shape index (κ1) is 38.2. The maximum absolute atomic E-state index is 6.96. The first-order valence-electron chi connectivity index (χ1n) is 23.2. The van der Waals surface area contributed by atoms with Crippen LogP contribution in [0.2, 0.25) is 0 Å². The van der Waals surface area contributed by atoms with Crippen molar-refractivity contribution in [3.8, 4) is 39.1 Å². The van der Waals surface area contributed by atoms with Crippen molar-refractivity contribution < 1.29 is 8.83 Å². The predicted octanol–water partition coefficient (Wildman–Crippen LogP) is 18.2. The maximum Gasteiger partial charge on any atom is 0.145 e. The number of benzene rings is 11. The zero-order valence-corrected chi connectivity index (χ0v) is 36.8. The van der Waals surface area contributed by atoms with E-state index in [1.807, 2.05) is 18.2 Å². The number of hydrogen-bond donors (Lipinski definition) is 0. The summed E-state index contributed by atoms with van der Waals surface area (Å²) in [4.78, 5) is 2.39. The van der Waals surface area contributed by atoms with Crippen molar-refractivity contribution in [3.63, 3.8) is 0 Å². The fraction of sp³-hybridized carbons (Fsp3) is 0. The standard InChI is InChI=1S/C64H40N2O2/c1-2-18-48-41(14-1)15-12-23-49(48)42-30-34-45(35-31-42)65(47-17-11-16-44(40-47)50-24-13-25-55-53-21-5-9-28-60(53)67-63(50)55)59-39-38-56-54-22-6-10-29-61(54)68-64(56)62(59)43-32-36-46(37-33-43)66-57-26-7-3-19-51(57)52-20-4-8-27-58(52)66/h1-40H. The van der Waals surface area contributed by atoms with Gasteiger partial charge < -0.3 is 18.3 Å². The van der Waals surface area contributed by atoms with Crippen LogP contribution in [-0.2, 0) is 0 Å². The summed E-state index contributed by atoms with van der Waals surface area (Å²) < 4.78 is 15.9. The fourth-order valence-electron chi connectivity index (χ4n) is 10.7. The maximum atomic E-state index is 6.96. The molecule has 14 aromatic rings. The van der Waals surface area contributed by atoms with E-state index >= 15 is 0 Å². The molecule has 0 radical (unpaired) electrons. The normalized spacial score (nSPS) is 11.8. The van der Waals surface area contributed by atoms with Crippen LogP contribution in [-0.4, -0.2) is 4.57 Å². The van der Waals surface area contributed by atoms with Crippen LogP contribution in [0.5, 0.6) is 0 Å². The smallest absolute Gasteiger partial charge is 0.145 e. The molecule has 0 fully saturated rings. The molecule has 3 aromatic heterocycles. The fourth-order valence-corrected chi connectivity index (χ4v) is 10.7. The van der Waals surface area contributed by atoms with Crippen molar-refractivity contribution in [2.24, 2.45) is 0 Å². The van der Waals surface area contributed by atoms with Crippen LogP contribution < -0.4 is 4.90 Å². The van der Waals surface area contributed by atoms with Gasteiger partial charge in [-0.05, 0) is 106 Å². The van der Waals surface area contributed by atoms with E-state index in [0.717, 1.165) is 94.4 Å². The molecule has 0 saturated carbocycles. The van der Waals surface area contributed by atoms with E-state index in [1.54, 1.807) is 0 Å². The lowest BCUT2D eigenvalue weighted by molar-refractivity contribution is 0.669. The summed E-state index contributed by atoms with van der Waals surface area (Å²) in [6.45, 7) is 0. The molecule has 4 nitrogen and oxygen atoms in total. The molecule has 0 amide bonds.